The number of hydrogen-bond donors (Lipinski definition) is 2. The Morgan fingerprint density at radius 3 is 2.41 bits per heavy atom. The third-order valence-corrected chi connectivity index (χ3v) is 2.90. The molecule has 0 amide bonds. The second kappa shape index (κ2) is 5.52. The summed E-state index contributed by atoms with van der Waals surface area (Å²) in [6, 6.07) is 0. The summed E-state index contributed by atoms with van der Waals surface area (Å²) in [5.74, 6) is 0. The zero-order valence-corrected chi connectivity index (χ0v) is 11.1. The van der Waals surface area contributed by atoms with Gasteiger partial charge in [0.2, 0.25) is 10.0 Å². The van der Waals surface area contributed by atoms with Crippen molar-refractivity contribution in [2.75, 3.05) is 12.8 Å². The van der Waals surface area contributed by atoms with E-state index in [9.17, 15) is 8.42 Å². The summed E-state index contributed by atoms with van der Waals surface area (Å²) in [6.45, 7) is 4.77. The molecule has 0 aliphatic carbocycles. The Balaban J connectivity index is 2.40. The Morgan fingerprint density at radius 2 is 1.88 bits per heavy atom. The standard InChI is InChI=1S/C10H18N4O2S/c1-10(2,14-17(3,15)16)7-11-4-9-5-12-8-13-6-9/h5-6,8,11,14H,4,7H2,1-3H3. The summed E-state index contributed by atoms with van der Waals surface area (Å²) in [6.07, 6.45) is 6.06. The second-order valence-electron chi connectivity index (χ2n) is 4.61. The van der Waals surface area contributed by atoms with Gasteiger partial charge < -0.3 is 5.32 Å². The SMILES string of the molecule is CC(C)(CNCc1cncnc1)NS(C)(=O)=O. The summed E-state index contributed by atoms with van der Waals surface area (Å²) >= 11 is 0. The van der Waals surface area contributed by atoms with Gasteiger partial charge in [0.1, 0.15) is 6.33 Å². The Morgan fingerprint density at radius 1 is 1.29 bits per heavy atom. The predicted octanol–water partition coefficient (Wildman–Crippen LogP) is -0.106. The first kappa shape index (κ1) is 14.0. The van der Waals surface area contributed by atoms with E-state index in [-0.39, 0.29) is 0 Å². The summed E-state index contributed by atoms with van der Waals surface area (Å²) in [5, 5.41) is 3.16. The minimum atomic E-state index is -3.19. The Kier molecular flexibility index (Phi) is 4.55. The van der Waals surface area contributed by atoms with Crippen LogP contribution >= 0.6 is 0 Å². The molecule has 0 atom stereocenters. The first-order chi connectivity index (χ1) is 7.79. The van der Waals surface area contributed by atoms with Crippen LogP contribution < -0.4 is 10.0 Å². The largest absolute Gasteiger partial charge is 0.311 e. The van der Waals surface area contributed by atoms with Crippen LogP contribution in [0.2, 0.25) is 0 Å². The van der Waals surface area contributed by atoms with Crippen molar-refractivity contribution in [2.45, 2.75) is 25.9 Å². The van der Waals surface area contributed by atoms with E-state index < -0.39 is 15.6 Å². The average molecular weight is 258 g/mol. The molecule has 96 valence electrons. The Bertz CT molecular complexity index is 445. The molecule has 1 aromatic heterocycles. The maximum atomic E-state index is 11.1. The second-order valence-corrected chi connectivity index (χ2v) is 6.36. The van der Waals surface area contributed by atoms with Crippen molar-refractivity contribution < 1.29 is 8.42 Å². The normalized spacial score (nSPS) is 12.6. The smallest absolute Gasteiger partial charge is 0.209 e. The molecule has 17 heavy (non-hydrogen) atoms. The molecule has 7 heteroatoms. The third kappa shape index (κ3) is 6.30. The van der Waals surface area contributed by atoms with Gasteiger partial charge in [-0.25, -0.2) is 23.1 Å². The zero-order chi connectivity index (χ0) is 12.9. The highest BCUT2D eigenvalue weighted by molar-refractivity contribution is 7.88. The van der Waals surface area contributed by atoms with E-state index >= 15 is 0 Å². The van der Waals surface area contributed by atoms with E-state index in [2.05, 4.69) is 20.0 Å². The fraction of sp³-hybridized carbons (Fsp3) is 0.600. The number of aromatic nitrogens is 2. The lowest BCUT2D eigenvalue weighted by molar-refractivity contribution is 0.420. The molecule has 1 rings (SSSR count). The molecule has 0 aliphatic rings. The van der Waals surface area contributed by atoms with E-state index in [0.29, 0.717) is 13.1 Å². The van der Waals surface area contributed by atoms with Gasteiger partial charge in [0.15, 0.2) is 0 Å². The summed E-state index contributed by atoms with van der Waals surface area (Å²) < 4.78 is 24.8. The summed E-state index contributed by atoms with van der Waals surface area (Å²) in [5.41, 5.74) is 0.436. The van der Waals surface area contributed by atoms with Crippen LogP contribution in [-0.4, -0.2) is 36.7 Å². The molecule has 0 bridgehead atoms. The fourth-order valence-corrected chi connectivity index (χ4v) is 2.55. The molecule has 0 aromatic carbocycles. The number of sulfonamides is 1. The molecule has 1 aromatic rings. The highest BCUT2D eigenvalue weighted by Crippen LogP contribution is 2.02. The first-order valence-electron chi connectivity index (χ1n) is 5.22. The lowest BCUT2D eigenvalue weighted by atomic mass is 10.1. The average Bonchev–Trinajstić information content (AvgIpc) is 2.15. The molecule has 0 fully saturated rings. The van der Waals surface area contributed by atoms with Crippen LogP contribution in [0.25, 0.3) is 0 Å². The van der Waals surface area contributed by atoms with Crippen molar-refractivity contribution in [1.29, 1.82) is 0 Å². The van der Waals surface area contributed by atoms with Gasteiger partial charge in [-0.3, -0.25) is 0 Å². The molecular weight excluding hydrogens is 240 g/mol. The van der Waals surface area contributed by atoms with Gasteiger partial charge >= 0.3 is 0 Å². The predicted molar refractivity (Wildman–Crippen MR) is 65.8 cm³/mol. The summed E-state index contributed by atoms with van der Waals surface area (Å²) in [7, 11) is -3.19. The van der Waals surface area contributed by atoms with Crippen molar-refractivity contribution in [1.82, 2.24) is 20.0 Å². The van der Waals surface area contributed by atoms with Crippen molar-refractivity contribution in [3.05, 3.63) is 24.3 Å². The fourth-order valence-electron chi connectivity index (χ4n) is 1.48. The van der Waals surface area contributed by atoms with Crippen molar-refractivity contribution in [3.8, 4) is 0 Å². The molecule has 2 N–H and O–H groups in total. The summed E-state index contributed by atoms with van der Waals surface area (Å²) in [4.78, 5) is 7.79. The quantitative estimate of drug-likeness (QED) is 0.744. The topological polar surface area (TPSA) is 84.0 Å². The number of nitrogens with one attached hydrogen (secondary N) is 2. The van der Waals surface area contributed by atoms with Crippen LogP contribution in [0.3, 0.4) is 0 Å². The minimum absolute atomic E-state index is 0.523. The maximum Gasteiger partial charge on any atom is 0.209 e. The van der Waals surface area contributed by atoms with Gasteiger partial charge in [-0.1, -0.05) is 0 Å². The van der Waals surface area contributed by atoms with Crippen molar-refractivity contribution in [3.63, 3.8) is 0 Å². The zero-order valence-electron chi connectivity index (χ0n) is 10.3. The molecule has 0 unspecified atom stereocenters. The van der Waals surface area contributed by atoms with Crippen molar-refractivity contribution >= 4 is 10.0 Å². The highest BCUT2D eigenvalue weighted by Gasteiger charge is 2.21. The molecule has 1 heterocycles. The van der Waals surface area contributed by atoms with Gasteiger partial charge in [0.25, 0.3) is 0 Å². The van der Waals surface area contributed by atoms with E-state index in [4.69, 9.17) is 0 Å². The molecule has 0 spiro atoms. The lowest BCUT2D eigenvalue weighted by Crippen LogP contribution is -2.49. The number of hydrogen-bond acceptors (Lipinski definition) is 5. The monoisotopic (exact) mass is 258 g/mol. The highest BCUT2D eigenvalue weighted by atomic mass is 32.2. The van der Waals surface area contributed by atoms with E-state index in [1.165, 1.54) is 6.33 Å². The van der Waals surface area contributed by atoms with Crippen LogP contribution in [0.1, 0.15) is 19.4 Å². The third-order valence-electron chi connectivity index (χ3n) is 1.97. The van der Waals surface area contributed by atoms with Crippen LogP contribution in [0.15, 0.2) is 18.7 Å². The molecule has 0 saturated heterocycles. The number of rotatable bonds is 6. The molecule has 0 aliphatic heterocycles. The molecule has 0 radical (unpaired) electrons. The minimum Gasteiger partial charge on any atom is -0.311 e. The molecular formula is C10H18N4O2S. The van der Waals surface area contributed by atoms with Gasteiger partial charge in [0.05, 0.1) is 6.26 Å². The molecule has 6 nitrogen and oxygen atoms in total. The van der Waals surface area contributed by atoms with Gasteiger partial charge in [-0.05, 0) is 13.8 Å². The van der Waals surface area contributed by atoms with Gasteiger partial charge in [0, 0.05) is 36.6 Å². The first-order valence-corrected chi connectivity index (χ1v) is 7.11. The van der Waals surface area contributed by atoms with E-state index in [1.54, 1.807) is 12.4 Å². The van der Waals surface area contributed by atoms with Crippen LogP contribution in [-0.2, 0) is 16.6 Å². The Labute approximate surface area is 102 Å². The lowest BCUT2D eigenvalue weighted by Gasteiger charge is -2.25. The van der Waals surface area contributed by atoms with Gasteiger partial charge in [-0.2, -0.15) is 0 Å². The van der Waals surface area contributed by atoms with Crippen molar-refractivity contribution in [2.24, 2.45) is 0 Å². The number of nitrogens with zero attached hydrogens (tertiary/aromatic N) is 2. The van der Waals surface area contributed by atoms with E-state index in [0.717, 1.165) is 11.8 Å². The van der Waals surface area contributed by atoms with Crippen LogP contribution in [0, 0.1) is 0 Å². The molecule has 0 saturated carbocycles. The van der Waals surface area contributed by atoms with Crippen LogP contribution in [0.5, 0.6) is 0 Å². The van der Waals surface area contributed by atoms with Crippen LogP contribution in [0.4, 0.5) is 0 Å². The van der Waals surface area contributed by atoms with E-state index in [1.807, 2.05) is 13.8 Å². The Hall–Kier alpha value is -1.05. The van der Waals surface area contributed by atoms with Gasteiger partial charge in [-0.15, -0.1) is 0 Å². The maximum absolute atomic E-state index is 11.1.